The number of carbonyl (C=O) groups is 1. The molecule has 1 fully saturated rings. The van der Waals surface area contributed by atoms with Gasteiger partial charge in [-0.05, 0) is 25.7 Å². The van der Waals surface area contributed by atoms with E-state index in [2.05, 4.69) is 16.3 Å². The summed E-state index contributed by atoms with van der Waals surface area (Å²) in [7, 11) is 0. The third-order valence-corrected chi connectivity index (χ3v) is 4.18. The van der Waals surface area contributed by atoms with Crippen LogP contribution in [0.25, 0.3) is 0 Å². The molecular formula is C11H17N3O2S. The fourth-order valence-electron chi connectivity index (χ4n) is 2.27. The molecule has 1 aliphatic heterocycles. The van der Waals surface area contributed by atoms with E-state index in [1.165, 1.54) is 11.5 Å². The molecule has 17 heavy (non-hydrogen) atoms. The fraction of sp³-hybridized carbons (Fsp3) is 0.727. The molecule has 0 aromatic carbocycles. The molecule has 1 saturated heterocycles. The van der Waals surface area contributed by atoms with Crippen molar-refractivity contribution in [2.45, 2.75) is 39.2 Å². The molecular weight excluding hydrogens is 238 g/mol. The topological polar surface area (TPSA) is 66.3 Å². The minimum atomic E-state index is -0.754. The number of aryl methyl sites for hydroxylation is 1. The van der Waals surface area contributed by atoms with Crippen LogP contribution in [0.5, 0.6) is 0 Å². The SMILES string of the molecule is CCC1CCN(c2nc(C)ns2)C(C(=O)O)C1. The van der Waals surface area contributed by atoms with Crippen LogP contribution in [0.1, 0.15) is 32.0 Å². The second kappa shape index (κ2) is 5.00. The highest BCUT2D eigenvalue weighted by atomic mass is 32.1. The third kappa shape index (κ3) is 2.57. The van der Waals surface area contributed by atoms with Crippen molar-refractivity contribution >= 4 is 22.6 Å². The minimum Gasteiger partial charge on any atom is -0.480 e. The van der Waals surface area contributed by atoms with Crippen molar-refractivity contribution in [2.24, 2.45) is 5.92 Å². The van der Waals surface area contributed by atoms with Gasteiger partial charge in [0.2, 0.25) is 5.13 Å². The van der Waals surface area contributed by atoms with E-state index >= 15 is 0 Å². The summed E-state index contributed by atoms with van der Waals surface area (Å²) >= 11 is 1.29. The Balaban J connectivity index is 2.18. The van der Waals surface area contributed by atoms with Gasteiger partial charge in [-0.2, -0.15) is 4.37 Å². The fourth-order valence-corrected chi connectivity index (χ4v) is 3.03. The maximum Gasteiger partial charge on any atom is 0.326 e. The van der Waals surface area contributed by atoms with Crippen molar-refractivity contribution in [3.05, 3.63) is 5.82 Å². The highest BCUT2D eigenvalue weighted by molar-refractivity contribution is 7.09. The Morgan fingerprint density at radius 2 is 2.41 bits per heavy atom. The Morgan fingerprint density at radius 1 is 1.65 bits per heavy atom. The van der Waals surface area contributed by atoms with Gasteiger partial charge in [0.25, 0.3) is 0 Å². The van der Waals surface area contributed by atoms with Crippen LogP contribution in [-0.4, -0.2) is 33.0 Å². The Hall–Kier alpha value is -1.17. The molecule has 2 atom stereocenters. The molecule has 2 rings (SSSR count). The summed E-state index contributed by atoms with van der Waals surface area (Å²) in [5.41, 5.74) is 0. The smallest absolute Gasteiger partial charge is 0.326 e. The van der Waals surface area contributed by atoms with E-state index in [0.717, 1.165) is 24.5 Å². The zero-order chi connectivity index (χ0) is 12.4. The summed E-state index contributed by atoms with van der Waals surface area (Å²) < 4.78 is 4.12. The van der Waals surface area contributed by atoms with Gasteiger partial charge >= 0.3 is 5.97 Å². The van der Waals surface area contributed by atoms with Gasteiger partial charge in [0.15, 0.2) is 0 Å². The van der Waals surface area contributed by atoms with Gasteiger partial charge in [-0.3, -0.25) is 0 Å². The second-order valence-corrected chi connectivity index (χ2v) is 5.20. The number of carboxylic acid groups (broad SMARTS) is 1. The summed E-state index contributed by atoms with van der Waals surface area (Å²) in [5.74, 6) is 0.476. The molecule has 1 aromatic rings. The Morgan fingerprint density at radius 3 is 2.94 bits per heavy atom. The van der Waals surface area contributed by atoms with Crippen molar-refractivity contribution in [2.75, 3.05) is 11.4 Å². The molecule has 0 radical (unpaired) electrons. The highest BCUT2D eigenvalue weighted by Crippen LogP contribution is 2.30. The lowest BCUT2D eigenvalue weighted by atomic mass is 9.89. The first-order chi connectivity index (χ1) is 8.11. The van der Waals surface area contributed by atoms with Crippen LogP contribution in [-0.2, 0) is 4.79 Å². The number of aliphatic carboxylic acids is 1. The monoisotopic (exact) mass is 255 g/mol. The van der Waals surface area contributed by atoms with Gasteiger partial charge in [-0.1, -0.05) is 13.3 Å². The standard InChI is InChI=1S/C11H17N3O2S/c1-3-8-4-5-14(9(6-8)10(15)16)11-12-7(2)13-17-11/h8-9H,3-6H2,1-2H3,(H,15,16). The summed E-state index contributed by atoms with van der Waals surface area (Å²) in [6.45, 7) is 4.72. The zero-order valence-electron chi connectivity index (χ0n) is 10.1. The quantitative estimate of drug-likeness (QED) is 0.894. The normalized spacial score (nSPS) is 24.9. The predicted octanol–water partition coefficient (Wildman–Crippen LogP) is 1.93. The lowest BCUT2D eigenvalue weighted by Gasteiger charge is -2.36. The maximum atomic E-state index is 11.3. The average Bonchev–Trinajstić information content (AvgIpc) is 2.75. The van der Waals surface area contributed by atoms with Crippen LogP contribution < -0.4 is 4.90 Å². The Bertz CT molecular complexity index is 407. The van der Waals surface area contributed by atoms with E-state index < -0.39 is 12.0 Å². The number of hydrogen-bond donors (Lipinski definition) is 1. The minimum absolute atomic E-state index is 0.443. The summed E-state index contributed by atoms with van der Waals surface area (Å²) in [4.78, 5) is 17.5. The third-order valence-electron chi connectivity index (χ3n) is 3.34. The van der Waals surface area contributed by atoms with Gasteiger partial charge in [-0.15, -0.1) is 0 Å². The van der Waals surface area contributed by atoms with Crippen LogP contribution in [0, 0.1) is 12.8 Å². The predicted molar refractivity (Wildman–Crippen MR) is 66.4 cm³/mol. The van der Waals surface area contributed by atoms with Gasteiger partial charge in [0, 0.05) is 18.1 Å². The first kappa shape index (κ1) is 12.3. The lowest BCUT2D eigenvalue weighted by Crippen LogP contribution is -2.47. The number of piperidine rings is 1. The summed E-state index contributed by atoms with van der Waals surface area (Å²) in [5, 5.41) is 10.0. The van der Waals surface area contributed by atoms with E-state index in [9.17, 15) is 9.90 Å². The van der Waals surface area contributed by atoms with E-state index in [4.69, 9.17) is 0 Å². The van der Waals surface area contributed by atoms with Crippen LogP contribution in [0.2, 0.25) is 0 Å². The Labute approximate surface area is 105 Å². The van der Waals surface area contributed by atoms with Gasteiger partial charge in [0.1, 0.15) is 11.9 Å². The molecule has 0 saturated carbocycles. The molecule has 0 spiro atoms. The molecule has 1 aliphatic rings. The van der Waals surface area contributed by atoms with Crippen molar-refractivity contribution in [3.63, 3.8) is 0 Å². The largest absolute Gasteiger partial charge is 0.480 e. The van der Waals surface area contributed by atoms with E-state index in [1.807, 2.05) is 11.8 Å². The molecule has 1 N–H and O–H groups in total. The maximum absolute atomic E-state index is 11.3. The van der Waals surface area contributed by atoms with Gasteiger partial charge in [0.05, 0.1) is 0 Å². The summed E-state index contributed by atoms with van der Waals surface area (Å²) in [6, 6.07) is -0.443. The zero-order valence-corrected chi connectivity index (χ0v) is 10.9. The van der Waals surface area contributed by atoms with Crippen LogP contribution in [0.15, 0.2) is 0 Å². The average molecular weight is 255 g/mol. The molecule has 1 aromatic heterocycles. The van der Waals surface area contributed by atoms with E-state index in [1.54, 1.807) is 0 Å². The van der Waals surface area contributed by atoms with Crippen LogP contribution in [0.3, 0.4) is 0 Å². The van der Waals surface area contributed by atoms with E-state index in [0.29, 0.717) is 18.2 Å². The van der Waals surface area contributed by atoms with Crippen molar-refractivity contribution in [1.82, 2.24) is 9.36 Å². The molecule has 2 unspecified atom stereocenters. The molecule has 6 heteroatoms. The summed E-state index contributed by atoms with van der Waals surface area (Å²) in [6.07, 6.45) is 2.80. The number of nitrogens with zero attached hydrogens (tertiary/aromatic N) is 3. The lowest BCUT2D eigenvalue weighted by molar-refractivity contribution is -0.139. The van der Waals surface area contributed by atoms with Crippen LogP contribution in [0.4, 0.5) is 5.13 Å². The molecule has 0 amide bonds. The number of rotatable bonds is 3. The number of hydrogen-bond acceptors (Lipinski definition) is 5. The molecule has 94 valence electrons. The Kier molecular flexibility index (Phi) is 3.61. The second-order valence-electron chi connectivity index (χ2n) is 4.47. The number of aromatic nitrogens is 2. The van der Waals surface area contributed by atoms with Gasteiger partial charge < -0.3 is 10.0 Å². The van der Waals surface area contributed by atoms with Crippen molar-refractivity contribution in [1.29, 1.82) is 0 Å². The first-order valence-electron chi connectivity index (χ1n) is 5.91. The molecule has 5 nitrogen and oxygen atoms in total. The number of anilines is 1. The highest BCUT2D eigenvalue weighted by Gasteiger charge is 2.34. The van der Waals surface area contributed by atoms with E-state index in [-0.39, 0.29) is 0 Å². The molecule has 2 heterocycles. The molecule has 0 aliphatic carbocycles. The first-order valence-corrected chi connectivity index (χ1v) is 6.69. The van der Waals surface area contributed by atoms with Crippen LogP contribution >= 0.6 is 11.5 Å². The van der Waals surface area contributed by atoms with Crippen molar-refractivity contribution < 1.29 is 9.90 Å². The number of carboxylic acids is 1. The van der Waals surface area contributed by atoms with Crippen molar-refractivity contribution in [3.8, 4) is 0 Å². The molecule has 0 bridgehead atoms. The van der Waals surface area contributed by atoms with Gasteiger partial charge in [-0.25, -0.2) is 9.78 Å².